The van der Waals surface area contributed by atoms with Gasteiger partial charge in [0.2, 0.25) is 5.95 Å². The Morgan fingerprint density at radius 2 is 2.06 bits per heavy atom. The fourth-order valence-corrected chi connectivity index (χ4v) is 5.11. The minimum absolute atomic E-state index is 0.212. The Hall–Kier alpha value is -3.23. The number of hydrogen-bond donors (Lipinski definition) is 1. The van der Waals surface area contributed by atoms with Gasteiger partial charge in [0.05, 0.1) is 17.0 Å². The summed E-state index contributed by atoms with van der Waals surface area (Å²) in [4.78, 5) is 15.5. The predicted molar refractivity (Wildman–Crippen MR) is 132 cm³/mol. The minimum Gasteiger partial charge on any atom is -0.493 e. The molecule has 3 heterocycles. The highest BCUT2D eigenvalue weighted by atomic mass is 32.1. The van der Waals surface area contributed by atoms with Crippen LogP contribution in [0.2, 0.25) is 0 Å². The summed E-state index contributed by atoms with van der Waals surface area (Å²) in [6.07, 6.45) is 2.59. The number of anilines is 1. The standard InChI is InChI=1S/C25H27N5O2S/c1-15-4-5-20-17(10-15)11-18(14-32-20)24-29-23-21(31-9-8-30(2)3)12-16(13-22(23)33-24)19-6-7-27-25(26)28-19/h4-7,10,12-13,18H,8-9,11,14H2,1-3H3,(H2,26,27,28). The molecule has 4 aromatic rings. The van der Waals surface area contributed by atoms with Crippen LogP contribution in [0.5, 0.6) is 11.5 Å². The summed E-state index contributed by atoms with van der Waals surface area (Å²) in [6.45, 7) is 4.13. The third kappa shape index (κ3) is 4.62. The number of nitrogens with zero attached hydrogens (tertiary/aromatic N) is 4. The molecule has 170 valence electrons. The highest BCUT2D eigenvalue weighted by molar-refractivity contribution is 7.18. The summed E-state index contributed by atoms with van der Waals surface area (Å²) in [5, 5.41) is 1.06. The van der Waals surface area contributed by atoms with Crippen LogP contribution in [0.3, 0.4) is 0 Å². The summed E-state index contributed by atoms with van der Waals surface area (Å²) in [5.74, 6) is 2.21. The Balaban J connectivity index is 1.52. The molecule has 0 saturated heterocycles. The van der Waals surface area contributed by atoms with E-state index in [1.807, 2.05) is 26.2 Å². The maximum absolute atomic E-state index is 6.19. The van der Waals surface area contributed by atoms with E-state index in [-0.39, 0.29) is 11.9 Å². The van der Waals surface area contributed by atoms with E-state index in [2.05, 4.69) is 46.1 Å². The number of likely N-dealkylation sites (N-methyl/N-ethyl adjacent to an activating group) is 1. The largest absolute Gasteiger partial charge is 0.493 e. The molecule has 5 rings (SSSR count). The zero-order valence-corrected chi connectivity index (χ0v) is 19.9. The van der Waals surface area contributed by atoms with Crippen molar-refractivity contribution in [2.75, 3.05) is 39.6 Å². The van der Waals surface area contributed by atoms with Gasteiger partial charge in [-0.1, -0.05) is 17.7 Å². The molecule has 1 aliphatic heterocycles. The van der Waals surface area contributed by atoms with E-state index in [4.69, 9.17) is 20.2 Å². The molecular weight excluding hydrogens is 434 g/mol. The van der Waals surface area contributed by atoms with Crippen LogP contribution in [0, 0.1) is 6.92 Å². The van der Waals surface area contributed by atoms with Crippen LogP contribution in [-0.4, -0.2) is 53.7 Å². The number of rotatable bonds is 6. The number of ether oxygens (including phenoxy) is 2. The second-order valence-corrected chi connectivity index (χ2v) is 9.71. The van der Waals surface area contributed by atoms with Gasteiger partial charge in [0.15, 0.2) is 0 Å². The second kappa shape index (κ2) is 8.96. The molecule has 0 amide bonds. The van der Waals surface area contributed by atoms with Gasteiger partial charge in [0.25, 0.3) is 0 Å². The topological polar surface area (TPSA) is 86.4 Å². The first kappa shape index (κ1) is 21.6. The molecule has 1 unspecified atom stereocenters. The van der Waals surface area contributed by atoms with Crippen molar-refractivity contribution < 1.29 is 9.47 Å². The third-order valence-corrected chi connectivity index (χ3v) is 6.88. The van der Waals surface area contributed by atoms with Crippen molar-refractivity contribution in [3.05, 3.63) is 58.7 Å². The van der Waals surface area contributed by atoms with Gasteiger partial charge < -0.3 is 20.1 Å². The molecule has 8 heteroatoms. The predicted octanol–water partition coefficient (Wildman–Crippen LogP) is 4.30. The molecule has 7 nitrogen and oxygen atoms in total. The van der Waals surface area contributed by atoms with Crippen LogP contribution < -0.4 is 15.2 Å². The van der Waals surface area contributed by atoms with Gasteiger partial charge in [-0.15, -0.1) is 11.3 Å². The molecule has 1 atom stereocenters. The van der Waals surface area contributed by atoms with Gasteiger partial charge in [0, 0.05) is 24.2 Å². The number of benzene rings is 2. The number of fused-ring (bicyclic) bond motifs is 2. The first-order valence-corrected chi connectivity index (χ1v) is 11.8. The highest BCUT2D eigenvalue weighted by Gasteiger charge is 2.25. The average Bonchev–Trinajstić information content (AvgIpc) is 3.23. The number of aromatic nitrogens is 3. The maximum atomic E-state index is 6.19. The average molecular weight is 462 g/mol. The van der Waals surface area contributed by atoms with Crippen LogP contribution in [0.4, 0.5) is 5.95 Å². The van der Waals surface area contributed by atoms with Gasteiger partial charge in [-0.3, -0.25) is 0 Å². The molecule has 0 bridgehead atoms. The molecule has 0 radical (unpaired) electrons. The quantitative estimate of drug-likeness (QED) is 0.458. The van der Waals surface area contributed by atoms with Crippen molar-refractivity contribution in [3.63, 3.8) is 0 Å². The molecular formula is C25H27N5O2S. The van der Waals surface area contributed by atoms with Crippen LogP contribution in [0.1, 0.15) is 22.1 Å². The van der Waals surface area contributed by atoms with Gasteiger partial charge in [0.1, 0.15) is 28.6 Å². The molecule has 0 spiro atoms. The van der Waals surface area contributed by atoms with E-state index in [1.165, 1.54) is 11.1 Å². The van der Waals surface area contributed by atoms with Crippen molar-refractivity contribution in [1.29, 1.82) is 0 Å². The lowest BCUT2D eigenvalue weighted by Crippen LogP contribution is -2.19. The number of nitrogens with two attached hydrogens (primary N) is 1. The molecule has 2 aromatic carbocycles. The van der Waals surface area contributed by atoms with Crippen LogP contribution in [0.15, 0.2) is 42.6 Å². The van der Waals surface area contributed by atoms with Gasteiger partial charge >= 0.3 is 0 Å². The smallest absolute Gasteiger partial charge is 0.220 e. The second-order valence-electron chi connectivity index (χ2n) is 8.65. The van der Waals surface area contributed by atoms with E-state index in [1.54, 1.807) is 17.5 Å². The molecule has 1 aliphatic rings. The zero-order chi connectivity index (χ0) is 22.9. The Labute approximate surface area is 197 Å². The fourth-order valence-electron chi connectivity index (χ4n) is 4.00. The van der Waals surface area contributed by atoms with E-state index in [0.29, 0.717) is 13.2 Å². The van der Waals surface area contributed by atoms with Crippen molar-refractivity contribution in [1.82, 2.24) is 19.9 Å². The molecule has 0 fully saturated rings. The van der Waals surface area contributed by atoms with Crippen LogP contribution in [-0.2, 0) is 6.42 Å². The lowest BCUT2D eigenvalue weighted by molar-refractivity contribution is 0.261. The first-order valence-electron chi connectivity index (χ1n) is 11.0. The summed E-state index contributed by atoms with van der Waals surface area (Å²) in [7, 11) is 4.06. The van der Waals surface area contributed by atoms with E-state index < -0.39 is 0 Å². The lowest BCUT2D eigenvalue weighted by Gasteiger charge is -2.24. The Bertz CT molecular complexity index is 1300. The lowest BCUT2D eigenvalue weighted by atomic mass is 9.96. The van der Waals surface area contributed by atoms with E-state index in [0.717, 1.165) is 50.9 Å². The first-order chi connectivity index (χ1) is 16.0. The van der Waals surface area contributed by atoms with Gasteiger partial charge in [-0.25, -0.2) is 15.0 Å². The van der Waals surface area contributed by atoms with Gasteiger partial charge in [-0.2, -0.15) is 0 Å². The van der Waals surface area contributed by atoms with Gasteiger partial charge in [-0.05, 0) is 57.3 Å². The van der Waals surface area contributed by atoms with Crippen molar-refractivity contribution >= 4 is 27.5 Å². The highest BCUT2D eigenvalue weighted by Crippen LogP contribution is 2.40. The van der Waals surface area contributed by atoms with Crippen molar-refractivity contribution in [2.45, 2.75) is 19.3 Å². The number of aryl methyl sites for hydroxylation is 1. The monoisotopic (exact) mass is 461 g/mol. The fraction of sp³-hybridized carbons (Fsp3) is 0.320. The Morgan fingerprint density at radius 1 is 1.18 bits per heavy atom. The molecule has 0 saturated carbocycles. The number of nitrogen functional groups attached to an aromatic ring is 1. The van der Waals surface area contributed by atoms with Crippen molar-refractivity contribution in [3.8, 4) is 22.8 Å². The maximum Gasteiger partial charge on any atom is 0.220 e. The molecule has 2 aromatic heterocycles. The number of hydrogen-bond acceptors (Lipinski definition) is 8. The third-order valence-electron chi connectivity index (χ3n) is 5.71. The molecule has 33 heavy (non-hydrogen) atoms. The van der Waals surface area contributed by atoms with E-state index in [9.17, 15) is 0 Å². The molecule has 0 aliphatic carbocycles. The van der Waals surface area contributed by atoms with Crippen LogP contribution in [0.25, 0.3) is 21.5 Å². The van der Waals surface area contributed by atoms with Crippen molar-refractivity contribution in [2.24, 2.45) is 0 Å². The summed E-state index contributed by atoms with van der Waals surface area (Å²) < 4.78 is 13.3. The summed E-state index contributed by atoms with van der Waals surface area (Å²) in [5.41, 5.74) is 10.9. The summed E-state index contributed by atoms with van der Waals surface area (Å²) in [6, 6.07) is 12.3. The Morgan fingerprint density at radius 3 is 2.88 bits per heavy atom. The SMILES string of the molecule is Cc1ccc2c(c1)CC(c1nc3c(OCCN(C)C)cc(-c4ccnc(N)n4)cc3s1)CO2. The van der Waals surface area contributed by atoms with Crippen LogP contribution >= 0.6 is 11.3 Å². The van der Waals surface area contributed by atoms with E-state index >= 15 is 0 Å². The Kier molecular flexibility index (Phi) is 5.86. The summed E-state index contributed by atoms with van der Waals surface area (Å²) >= 11 is 1.69. The minimum atomic E-state index is 0.212. The molecule has 2 N–H and O–H groups in total. The number of thiazole rings is 1. The normalized spacial score (nSPS) is 15.5. The zero-order valence-electron chi connectivity index (χ0n) is 19.0.